The van der Waals surface area contributed by atoms with E-state index in [1.165, 1.54) is 6.07 Å². The number of hydrogen-bond acceptors (Lipinski definition) is 2. The third-order valence-electron chi connectivity index (χ3n) is 3.80. The van der Waals surface area contributed by atoms with Crippen LogP contribution in [0, 0.1) is 28.5 Å². The molecule has 0 amide bonds. The Morgan fingerprint density at radius 1 is 1.39 bits per heavy atom. The maximum atomic E-state index is 13.5. The number of nitrogens with zero attached hydrogens (tertiary/aromatic N) is 1. The zero-order valence-corrected chi connectivity index (χ0v) is 11.1. The van der Waals surface area contributed by atoms with Crippen molar-refractivity contribution in [3.05, 3.63) is 29.6 Å². The van der Waals surface area contributed by atoms with Crippen LogP contribution in [0.3, 0.4) is 0 Å². The molecule has 0 aliphatic heterocycles. The van der Waals surface area contributed by atoms with Crippen LogP contribution < -0.4 is 5.32 Å². The van der Waals surface area contributed by atoms with Gasteiger partial charge in [0.05, 0.1) is 5.69 Å². The largest absolute Gasteiger partial charge is 0.381 e. The molecule has 2 nitrogen and oxygen atoms in total. The Morgan fingerprint density at radius 2 is 2.11 bits per heavy atom. The molecule has 0 radical (unpaired) electrons. The van der Waals surface area contributed by atoms with Gasteiger partial charge in [-0.15, -0.1) is 0 Å². The highest BCUT2D eigenvalue weighted by Crippen LogP contribution is 2.42. The molecular weight excluding hydrogens is 227 g/mol. The first kappa shape index (κ1) is 12.9. The highest BCUT2D eigenvalue weighted by atomic mass is 19.1. The lowest BCUT2D eigenvalue weighted by Crippen LogP contribution is -2.23. The van der Waals surface area contributed by atoms with E-state index in [1.807, 2.05) is 6.07 Å². The fourth-order valence-corrected chi connectivity index (χ4v) is 3.04. The Hall–Kier alpha value is -1.56. The summed E-state index contributed by atoms with van der Waals surface area (Å²) in [5.41, 5.74) is 1.05. The second-order valence-electron chi connectivity index (χ2n) is 6.07. The normalized spacial score (nSPS) is 25.7. The Kier molecular flexibility index (Phi) is 3.30. The van der Waals surface area contributed by atoms with Gasteiger partial charge in [-0.2, -0.15) is 5.26 Å². The number of rotatable bonds is 2. The topological polar surface area (TPSA) is 35.8 Å². The fraction of sp³-hybridized carbons (Fsp3) is 0.533. The number of benzene rings is 1. The Labute approximate surface area is 108 Å². The predicted molar refractivity (Wildman–Crippen MR) is 70.7 cm³/mol. The molecule has 1 aromatic carbocycles. The number of nitriles is 1. The van der Waals surface area contributed by atoms with Gasteiger partial charge in [0.15, 0.2) is 0 Å². The molecule has 0 saturated heterocycles. The summed E-state index contributed by atoms with van der Waals surface area (Å²) in [6, 6.07) is 6.99. The summed E-state index contributed by atoms with van der Waals surface area (Å²) >= 11 is 0. The van der Waals surface area contributed by atoms with Crippen molar-refractivity contribution < 1.29 is 4.39 Å². The van der Waals surface area contributed by atoms with Crippen LogP contribution in [-0.4, -0.2) is 6.04 Å². The van der Waals surface area contributed by atoms with Crippen molar-refractivity contribution >= 4 is 5.69 Å². The van der Waals surface area contributed by atoms with Crippen molar-refractivity contribution in [3.63, 3.8) is 0 Å². The van der Waals surface area contributed by atoms with E-state index in [0.717, 1.165) is 12.8 Å². The summed E-state index contributed by atoms with van der Waals surface area (Å²) < 4.78 is 13.5. The minimum absolute atomic E-state index is 0.120. The van der Waals surface area contributed by atoms with E-state index >= 15 is 0 Å². The van der Waals surface area contributed by atoms with Crippen LogP contribution in [0.15, 0.2) is 18.2 Å². The van der Waals surface area contributed by atoms with Crippen LogP contribution in [-0.2, 0) is 0 Å². The van der Waals surface area contributed by atoms with Crippen LogP contribution in [0.25, 0.3) is 0 Å². The molecular formula is C15H19FN2. The van der Waals surface area contributed by atoms with Gasteiger partial charge in [0.1, 0.15) is 17.4 Å². The molecule has 2 atom stereocenters. The van der Waals surface area contributed by atoms with E-state index in [1.54, 1.807) is 12.1 Å². The van der Waals surface area contributed by atoms with E-state index < -0.39 is 5.82 Å². The van der Waals surface area contributed by atoms with Crippen molar-refractivity contribution in [2.75, 3.05) is 5.32 Å². The van der Waals surface area contributed by atoms with Crippen LogP contribution in [0.1, 0.15) is 39.2 Å². The van der Waals surface area contributed by atoms with Gasteiger partial charge in [0.2, 0.25) is 0 Å². The summed E-state index contributed by atoms with van der Waals surface area (Å²) in [4.78, 5) is 0. The molecule has 3 heteroatoms. The monoisotopic (exact) mass is 246 g/mol. The lowest BCUT2D eigenvalue weighted by atomic mass is 9.91. The zero-order valence-electron chi connectivity index (χ0n) is 11.1. The summed E-state index contributed by atoms with van der Waals surface area (Å²) in [6.45, 7) is 6.71. The molecule has 0 spiro atoms. The van der Waals surface area contributed by atoms with Crippen LogP contribution in [0.2, 0.25) is 0 Å². The molecule has 1 saturated carbocycles. The van der Waals surface area contributed by atoms with Gasteiger partial charge in [-0.3, -0.25) is 0 Å². The third kappa shape index (κ3) is 2.48. The second kappa shape index (κ2) is 4.61. The Morgan fingerprint density at radius 3 is 2.67 bits per heavy atom. The average Bonchev–Trinajstić information content (AvgIpc) is 2.52. The lowest BCUT2D eigenvalue weighted by Gasteiger charge is -2.20. The second-order valence-corrected chi connectivity index (χ2v) is 6.07. The summed E-state index contributed by atoms with van der Waals surface area (Å²) in [7, 11) is 0. The SMILES string of the molecule is CC1CC(C)(C)CC1Nc1cccc(F)c1C#N. The zero-order chi connectivity index (χ0) is 13.3. The lowest BCUT2D eigenvalue weighted by molar-refractivity contribution is 0.366. The van der Waals surface area contributed by atoms with E-state index in [-0.39, 0.29) is 5.56 Å². The minimum Gasteiger partial charge on any atom is -0.381 e. The summed E-state index contributed by atoms with van der Waals surface area (Å²) in [5.74, 6) is 0.0854. The first-order valence-corrected chi connectivity index (χ1v) is 6.38. The molecule has 18 heavy (non-hydrogen) atoms. The maximum Gasteiger partial charge on any atom is 0.143 e. The van der Waals surface area contributed by atoms with E-state index in [4.69, 9.17) is 5.26 Å². The van der Waals surface area contributed by atoms with Crippen molar-refractivity contribution in [3.8, 4) is 6.07 Å². The summed E-state index contributed by atoms with van der Waals surface area (Å²) in [5, 5.41) is 12.4. The number of hydrogen-bond donors (Lipinski definition) is 1. The number of halogens is 1. The molecule has 1 aliphatic carbocycles. The molecule has 1 aliphatic rings. The van der Waals surface area contributed by atoms with Crippen molar-refractivity contribution in [1.29, 1.82) is 5.26 Å². The summed E-state index contributed by atoms with van der Waals surface area (Å²) in [6.07, 6.45) is 2.21. The van der Waals surface area contributed by atoms with E-state index in [9.17, 15) is 4.39 Å². The molecule has 0 heterocycles. The van der Waals surface area contributed by atoms with Crippen molar-refractivity contribution in [2.45, 2.75) is 39.7 Å². The molecule has 1 aromatic rings. The molecule has 1 fully saturated rings. The van der Waals surface area contributed by atoms with Gasteiger partial charge in [0.25, 0.3) is 0 Å². The van der Waals surface area contributed by atoms with Gasteiger partial charge in [0, 0.05) is 6.04 Å². The van der Waals surface area contributed by atoms with E-state index in [0.29, 0.717) is 23.1 Å². The molecule has 2 unspecified atom stereocenters. The van der Waals surface area contributed by atoms with Gasteiger partial charge in [-0.05, 0) is 36.3 Å². The average molecular weight is 246 g/mol. The Balaban J connectivity index is 2.21. The van der Waals surface area contributed by atoms with Gasteiger partial charge >= 0.3 is 0 Å². The van der Waals surface area contributed by atoms with Crippen molar-refractivity contribution in [1.82, 2.24) is 0 Å². The fourth-order valence-electron chi connectivity index (χ4n) is 3.04. The quantitative estimate of drug-likeness (QED) is 0.858. The van der Waals surface area contributed by atoms with Crippen LogP contribution in [0.4, 0.5) is 10.1 Å². The highest BCUT2D eigenvalue weighted by Gasteiger charge is 2.36. The predicted octanol–water partition coefficient (Wildman–Crippen LogP) is 3.93. The molecule has 0 bridgehead atoms. The number of anilines is 1. The molecule has 96 valence electrons. The number of nitrogens with one attached hydrogen (secondary N) is 1. The molecule has 1 N–H and O–H groups in total. The van der Waals surface area contributed by atoms with Gasteiger partial charge in [-0.1, -0.05) is 26.8 Å². The molecule has 2 rings (SSSR count). The van der Waals surface area contributed by atoms with Crippen LogP contribution >= 0.6 is 0 Å². The highest BCUT2D eigenvalue weighted by molar-refractivity contribution is 5.58. The van der Waals surface area contributed by atoms with Crippen LogP contribution in [0.5, 0.6) is 0 Å². The maximum absolute atomic E-state index is 13.5. The first-order valence-electron chi connectivity index (χ1n) is 6.38. The van der Waals surface area contributed by atoms with E-state index in [2.05, 4.69) is 26.1 Å². The third-order valence-corrected chi connectivity index (χ3v) is 3.80. The minimum atomic E-state index is -0.451. The van der Waals surface area contributed by atoms with Crippen molar-refractivity contribution in [2.24, 2.45) is 11.3 Å². The standard InChI is InChI=1S/C15H19FN2/c1-10-7-15(2,3)8-14(10)18-13-6-4-5-12(16)11(13)9-17/h4-6,10,14,18H,7-8H2,1-3H3. The van der Waals surface area contributed by atoms with Gasteiger partial charge < -0.3 is 5.32 Å². The first-order chi connectivity index (χ1) is 8.43. The smallest absolute Gasteiger partial charge is 0.143 e. The molecule has 0 aromatic heterocycles. The van der Waals surface area contributed by atoms with Gasteiger partial charge in [-0.25, -0.2) is 4.39 Å². The Bertz CT molecular complexity index is 488.